The number of rotatable bonds is 8. The Kier molecular flexibility index (Phi) is 8.27. The standard InChI is InChI=1S/C29H23ClFN3O4Se/c30-21-7-2-19(3-8-21)26-16-25(18-4-9-22(31)10-5-18)33-34(26)28(35)24-14-20-6-11-23(15-27(20)38-29(24)36)37-12-1-13-39-17-32/h2-11,15,24,26H,1,12-14,16H2. The molecule has 0 bridgehead atoms. The minimum atomic E-state index is -1.07. The number of ether oxygens (including phenoxy) is 2. The monoisotopic (exact) mass is 611 g/mol. The Morgan fingerprint density at radius 3 is 2.67 bits per heavy atom. The molecule has 2 atom stereocenters. The van der Waals surface area contributed by atoms with Gasteiger partial charge in [0.15, 0.2) is 0 Å². The summed E-state index contributed by atoms with van der Waals surface area (Å²) in [5, 5.41) is 16.0. The summed E-state index contributed by atoms with van der Waals surface area (Å²) in [5.41, 5.74) is 2.85. The van der Waals surface area contributed by atoms with Crippen LogP contribution in [0.4, 0.5) is 4.39 Å². The predicted molar refractivity (Wildman–Crippen MR) is 144 cm³/mol. The first-order chi connectivity index (χ1) is 18.9. The molecule has 2 aliphatic rings. The fourth-order valence-electron chi connectivity index (χ4n) is 4.56. The number of esters is 1. The van der Waals surface area contributed by atoms with Gasteiger partial charge in [0.25, 0.3) is 0 Å². The van der Waals surface area contributed by atoms with Gasteiger partial charge in [0.2, 0.25) is 0 Å². The van der Waals surface area contributed by atoms with Crippen molar-refractivity contribution in [2.75, 3.05) is 6.61 Å². The van der Waals surface area contributed by atoms with Crippen LogP contribution in [-0.4, -0.2) is 44.2 Å². The molecule has 198 valence electrons. The average Bonchev–Trinajstić information content (AvgIpc) is 3.38. The molecule has 0 saturated heterocycles. The van der Waals surface area contributed by atoms with Crippen molar-refractivity contribution in [3.8, 4) is 16.5 Å². The zero-order valence-electron chi connectivity index (χ0n) is 20.7. The maximum absolute atomic E-state index is 13.8. The van der Waals surface area contributed by atoms with E-state index >= 15 is 0 Å². The van der Waals surface area contributed by atoms with E-state index in [1.165, 1.54) is 17.1 Å². The Labute approximate surface area is 236 Å². The van der Waals surface area contributed by atoms with Gasteiger partial charge >= 0.3 is 127 Å². The van der Waals surface area contributed by atoms with E-state index in [0.717, 1.165) is 22.9 Å². The van der Waals surface area contributed by atoms with Crippen molar-refractivity contribution in [3.05, 3.63) is 94.3 Å². The van der Waals surface area contributed by atoms with Crippen molar-refractivity contribution in [2.24, 2.45) is 11.0 Å². The Morgan fingerprint density at radius 1 is 1.15 bits per heavy atom. The van der Waals surface area contributed by atoms with E-state index in [1.807, 2.05) is 12.1 Å². The summed E-state index contributed by atoms with van der Waals surface area (Å²) < 4.78 is 24.8. The van der Waals surface area contributed by atoms with Crippen LogP contribution in [-0.2, 0) is 16.0 Å². The fraction of sp³-hybridized carbons (Fsp3) is 0.241. The van der Waals surface area contributed by atoms with E-state index in [4.69, 9.17) is 26.3 Å². The summed E-state index contributed by atoms with van der Waals surface area (Å²) in [7, 11) is 0. The molecule has 1 amide bonds. The third kappa shape index (κ3) is 6.15. The van der Waals surface area contributed by atoms with Crippen LogP contribution in [0.5, 0.6) is 11.5 Å². The van der Waals surface area contributed by atoms with Gasteiger partial charge < -0.3 is 0 Å². The zero-order valence-corrected chi connectivity index (χ0v) is 23.1. The molecule has 2 unspecified atom stereocenters. The van der Waals surface area contributed by atoms with Crippen LogP contribution in [0.3, 0.4) is 0 Å². The van der Waals surface area contributed by atoms with E-state index in [9.17, 15) is 14.0 Å². The summed E-state index contributed by atoms with van der Waals surface area (Å²) in [6.45, 7) is 0.465. The second-order valence-electron chi connectivity index (χ2n) is 9.10. The van der Waals surface area contributed by atoms with Crippen molar-refractivity contribution in [1.82, 2.24) is 5.01 Å². The molecule has 10 heteroatoms. The molecule has 0 aromatic heterocycles. The number of hydrogen-bond donors (Lipinski definition) is 0. The summed E-state index contributed by atoms with van der Waals surface area (Å²) in [4.78, 5) is 29.0. The van der Waals surface area contributed by atoms with E-state index in [0.29, 0.717) is 40.8 Å². The van der Waals surface area contributed by atoms with Gasteiger partial charge in [-0.25, -0.2) is 4.39 Å². The van der Waals surface area contributed by atoms with Gasteiger partial charge in [-0.05, 0) is 35.4 Å². The van der Waals surface area contributed by atoms with Crippen molar-refractivity contribution in [3.63, 3.8) is 0 Å². The van der Waals surface area contributed by atoms with Crippen LogP contribution in [0.1, 0.15) is 35.6 Å². The summed E-state index contributed by atoms with van der Waals surface area (Å²) in [6.07, 6.45) is 1.34. The number of fused-ring (bicyclic) bond motifs is 1. The topological polar surface area (TPSA) is 92.0 Å². The van der Waals surface area contributed by atoms with E-state index < -0.39 is 23.8 Å². The number of hydrazone groups is 1. The molecular formula is C29H23ClFN3O4Se. The van der Waals surface area contributed by atoms with Crippen molar-refractivity contribution >= 4 is 44.1 Å². The first kappa shape index (κ1) is 26.9. The van der Waals surface area contributed by atoms with Gasteiger partial charge in [-0.15, -0.1) is 0 Å². The van der Waals surface area contributed by atoms with Gasteiger partial charge in [-0.2, -0.15) is 5.10 Å². The molecule has 2 aliphatic heterocycles. The molecular weight excluding hydrogens is 588 g/mol. The molecule has 0 aliphatic carbocycles. The molecule has 3 aromatic carbocycles. The Balaban J connectivity index is 1.36. The normalized spacial score (nSPS) is 18.1. The number of amides is 1. The Bertz CT molecular complexity index is 1460. The number of carbonyl (C=O) groups excluding carboxylic acids is 2. The number of carbonyl (C=O) groups is 2. The molecule has 0 N–H and O–H groups in total. The van der Waals surface area contributed by atoms with Crippen molar-refractivity contribution in [2.45, 2.75) is 30.6 Å². The third-order valence-electron chi connectivity index (χ3n) is 6.55. The molecule has 0 radical (unpaired) electrons. The number of nitrogens with zero attached hydrogens (tertiary/aromatic N) is 3. The Hall–Kier alpha value is -3.70. The number of halogens is 2. The summed E-state index contributed by atoms with van der Waals surface area (Å²) in [6, 6.07) is 17.8. The maximum atomic E-state index is 13.8. The molecule has 7 nitrogen and oxygen atoms in total. The minimum absolute atomic E-state index is 0.0397. The molecule has 2 heterocycles. The first-order valence-corrected chi connectivity index (χ1v) is 14.8. The zero-order chi connectivity index (χ0) is 27.4. The number of hydrogen-bond acceptors (Lipinski definition) is 6. The number of benzene rings is 3. The van der Waals surface area contributed by atoms with Gasteiger partial charge in [0.05, 0.1) is 11.8 Å². The summed E-state index contributed by atoms with van der Waals surface area (Å²) >= 11 is 6.04. The molecule has 3 aromatic rings. The van der Waals surface area contributed by atoms with E-state index in [1.54, 1.807) is 42.5 Å². The third-order valence-corrected chi connectivity index (χ3v) is 8.10. The van der Waals surface area contributed by atoms with Crippen LogP contribution in [0.2, 0.25) is 10.3 Å². The van der Waals surface area contributed by atoms with Crippen molar-refractivity contribution in [1.29, 1.82) is 5.26 Å². The van der Waals surface area contributed by atoms with Crippen LogP contribution in [0.15, 0.2) is 71.8 Å². The van der Waals surface area contributed by atoms with Crippen LogP contribution in [0.25, 0.3) is 0 Å². The van der Waals surface area contributed by atoms with Crippen LogP contribution in [0, 0.1) is 22.0 Å². The van der Waals surface area contributed by atoms with Crippen molar-refractivity contribution < 1.29 is 23.5 Å². The average molecular weight is 611 g/mol. The van der Waals surface area contributed by atoms with E-state index in [-0.39, 0.29) is 27.2 Å². The number of nitriles is 1. The predicted octanol–water partition coefficient (Wildman–Crippen LogP) is 5.31. The van der Waals surface area contributed by atoms with Crippen LogP contribution < -0.4 is 9.47 Å². The molecule has 39 heavy (non-hydrogen) atoms. The summed E-state index contributed by atoms with van der Waals surface area (Å²) in [5.74, 6) is -1.62. The molecule has 0 saturated carbocycles. The van der Waals surface area contributed by atoms with Gasteiger partial charge in [0.1, 0.15) is 5.82 Å². The quantitative estimate of drug-likeness (QED) is 0.113. The van der Waals surface area contributed by atoms with Gasteiger partial charge in [0, 0.05) is 11.4 Å². The Morgan fingerprint density at radius 2 is 1.92 bits per heavy atom. The molecule has 5 rings (SSSR count). The van der Waals surface area contributed by atoms with Gasteiger partial charge in [-0.1, -0.05) is 35.9 Å². The molecule has 0 fully saturated rings. The molecule has 0 spiro atoms. The van der Waals surface area contributed by atoms with Crippen LogP contribution >= 0.6 is 11.6 Å². The second-order valence-corrected chi connectivity index (χ2v) is 11.4. The van der Waals surface area contributed by atoms with Gasteiger partial charge in [-0.3, -0.25) is 0 Å². The fourth-order valence-corrected chi connectivity index (χ4v) is 5.43. The van der Waals surface area contributed by atoms with E-state index in [2.05, 4.69) is 10.1 Å². The second kappa shape index (κ2) is 12.0. The first-order valence-electron chi connectivity index (χ1n) is 12.3. The SMILES string of the molecule is N#C[Se]CCCOc1ccc2c(c1)OC(=O)C(C(=O)N1N=C(c3ccc(F)cc3)CC1c1ccc(Cl)cc1)C2.